The van der Waals surface area contributed by atoms with Crippen molar-refractivity contribution >= 4 is 5.91 Å². The first-order valence-corrected chi connectivity index (χ1v) is 4.60. The molecule has 13 heavy (non-hydrogen) atoms. The fourth-order valence-corrected chi connectivity index (χ4v) is 1.50. The lowest BCUT2D eigenvalue weighted by molar-refractivity contribution is -0.140. The Morgan fingerprint density at radius 3 is 2.77 bits per heavy atom. The third kappa shape index (κ3) is 2.31. The van der Waals surface area contributed by atoms with Gasteiger partial charge in [0.25, 0.3) is 0 Å². The van der Waals surface area contributed by atoms with Crippen molar-refractivity contribution in [3.05, 3.63) is 12.2 Å². The van der Waals surface area contributed by atoms with Crippen LogP contribution in [0.15, 0.2) is 12.2 Å². The predicted molar refractivity (Wildman–Crippen MR) is 51.4 cm³/mol. The van der Waals surface area contributed by atoms with E-state index < -0.39 is 0 Å². The Bertz CT molecular complexity index is 221. The number of allylic oxidation sites excluding steroid dienone is 1. The van der Waals surface area contributed by atoms with Crippen molar-refractivity contribution in [3.63, 3.8) is 0 Å². The Morgan fingerprint density at radius 2 is 2.23 bits per heavy atom. The molecule has 0 radical (unpaired) electrons. The average Bonchev–Trinajstić information content (AvgIpc) is 2.03. The summed E-state index contributed by atoms with van der Waals surface area (Å²) in [6.07, 6.45) is 3.38. The molecule has 1 heterocycles. The van der Waals surface area contributed by atoms with Crippen LogP contribution in [0.25, 0.3) is 0 Å². The van der Waals surface area contributed by atoms with Crippen LogP contribution in [0.3, 0.4) is 0 Å². The summed E-state index contributed by atoms with van der Waals surface area (Å²) in [5, 5.41) is 0. The molecule has 0 aromatic carbocycles. The second-order valence-corrected chi connectivity index (χ2v) is 3.85. The number of morpholine rings is 1. The van der Waals surface area contributed by atoms with E-state index >= 15 is 0 Å². The van der Waals surface area contributed by atoms with Gasteiger partial charge in [-0.25, -0.2) is 0 Å². The molecule has 0 spiro atoms. The van der Waals surface area contributed by atoms with Crippen molar-refractivity contribution in [2.75, 3.05) is 19.8 Å². The second-order valence-electron chi connectivity index (χ2n) is 3.85. The minimum Gasteiger partial charge on any atom is -0.377 e. The predicted octanol–water partition coefficient (Wildman–Crippen LogP) is 1.20. The Hall–Kier alpha value is -0.830. The molecule has 0 aromatic heterocycles. The molecule has 1 aliphatic rings. The highest BCUT2D eigenvalue weighted by Crippen LogP contribution is 2.18. The molecule has 1 amide bonds. The lowest BCUT2D eigenvalue weighted by Crippen LogP contribution is -2.55. The fraction of sp³-hybridized carbons (Fsp3) is 0.700. The highest BCUT2D eigenvalue weighted by atomic mass is 16.5. The van der Waals surface area contributed by atoms with Gasteiger partial charge >= 0.3 is 0 Å². The van der Waals surface area contributed by atoms with Gasteiger partial charge in [-0.3, -0.25) is 4.79 Å². The normalized spacial score (nSPS) is 22.2. The molecular formula is C10H17NO2. The minimum atomic E-state index is -0.172. The van der Waals surface area contributed by atoms with Crippen molar-refractivity contribution in [1.29, 1.82) is 0 Å². The van der Waals surface area contributed by atoms with Crippen molar-refractivity contribution in [2.24, 2.45) is 0 Å². The fourth-order valence-electron chi connectivity index (χ4n) is 1.50. The van der Waals surface area contributed by atoms with Gasteiger partial charge in [0.15, 0.2) is 0 Å². The molecule has 0 atom stereocenters. The van der Waals surface area contributed by atoms with Gasteiger partial charge in [0.05, 0.1) is 18.8 Å². The molecule has 3 nitrogen and oxygen atoms in total. The van der Waals surface area contributed by atoms with Gasteiger partial charge < -0.3 is 9.64 Å². The summed E-state index contributed by atoms with van der Waals surface area (Å²) >= 11 is 0. The molecule has 3 heteroatoms. The number of carbonyl (C=O) groups excluding carboxylic acids is 1. The monoisotopic (exact) mass is 183 g/mol. The number of hydrogen-bond acceptors (Lipinski definition) is 2. The van der Waals surface area contributed by atoms with Crippen LogP contribution in [0.2, 0.25) is 0 Å². The molecule has 0 bridgehead atoms. The van der Waals surface area contributed by atoms with E-state index in [1.807, 2.05) is 25.7 Å². The van der Waals surface area contributed by atoms with Crippen LogP contribution in [0, 0.1) is 0 Å². The molecular weight excluding hydrogens is 166 g/mol. The third-order valence-electron chi connectivity index (χ3n) is 2.22. The van der Waals surface area contributed by atoms with E-state index in [1.54, 1.807) is 12.2 Å². The minimum absolute atomic E-state index is 0.0794. The van der Waals surface area contributed by atoms with Crippen LogP contribution >= 0.6 is 0 Å². The van der Waals surface area contributed by atoms with Gasteiger partial charge in [0, 0.05) is 6.54 Å². The van der Waals surface area contributed by atoms with Crippen molar-refractivity contribution in [1.82, 2.24) is 4.90 Å². The number of hydrogen-bond donors (Lipinski definition) is 0. The molecule has 1 rings (SSSR count). The lowest BCUT2D eigenvalue weighted by Gasteiger charge is -2.41. The molecule has 0 saturated carbocycles. The van der Waals surface area contributed by atoms with Crippen LogP contribution in [0.4, 0.5) is 0 Å². The molecule has 1 aliphatic heterocycles. The van der Waals surface area contributed by atoms with Gasteiger partial charge in [-0.15, -0.1) is 0 Å². The van der Waals surface area contributed by atoms with Gasteiger partial charge in [-0.2, -0.15) is 0 Å². The standard InChI is InChI=1S/C10H17NO2/c1-4-5-9(12)11-6-7-13-8-10(11,2)3/h4-5H,6-8H2,1-3H3. The maximum atomic E-state index is 11.6. The quantitative estimate of drug-likeness (QED) is 0.572. The summed E-state index contributed by atoms with van der Waals surface area (Å²) in [6, 6.07) is 0. The van der Waals surface area contributed by atoms with Crippen LogP contribution < -0.4 is 0 Å². The summed E-state index contributed by atoms with van der Waals surface area (Å²) in [7, 11) is 0. The summed E-state index contributed by atoms with van der Waals surface area (Å²) in [5.74, 6) is 0.0794. The Labute approximate surface area is 79.4 Å². The molecule has 1 fully saturated rings. The first-order chi connectivity index (χ1) is 6.08. The molecule has 0 N–H and O–H groups in total. The van der Waals surface area contributed by atoms with E-state index in [0.29, 0.717) is 19.8 Å². The van der Waals surface area contributed by atoms with E-state index in [-0.39, 0.29) is 11.4 Å². The molecule has 0 aromatic rings. The zero-order valence-corrected chi connectivity index (χ0v) is 8.54. The summed E-state index contributed by atoms with van der Waals surface area (Å²) < 4.78 is 5.33. The Balaban J connectivity index is 2.70. The van der Waals surface area contributed by atoms with Gasteiger partial charge in [-0.05, 0) is 26.8 Å². The maximum absolute atomic E-state index is 11.6. The van der Waals surface area contributed by atoms with Crippen LogP contribution in [-0.2, 0) is 9.53 Å². The number of ether oxygens (including phenoxy) is 1. The zero-order chi connectivity index (χ0) is 9.90. The van der Waals surface area contributed by atoms with Gasteiger partial charge in [-0.1, -0.05) is 6.08 Å². The first kappa shape index (κ1) is 10.3. The number of carbonyl (C=O) groups is 1. The second kappa shape index (κ2) is 3.92. The van der Waals surface area contributed by atoms with Crippen molar-refractivity contribution in [3.8, 4) is 0 Å². The van der Waals surface area contributed by atoms with Crippen LogP contribution in [0.5, 0.6) is 0 Å². The van der Waals surface area contributed by atoms with E-state index in [9.17, 15) is 4.79 Å². The highest BCUT2D eigenvalue weighted by molar-refractivity contribution is 5.88. The summed E-state index contributed by atoms with van der Waals surface area (Å²) in [4.78, 5) is 13.5. The summed E-state index contributed by atoms with van der Waals surface area (Å²) in [5.41, 5.74) is -0.172. The van der Waals surface area contributed by atoms with E-state index in [0.717, 1.165) is 0 Å². The largest absolute Gasteiger partial charge is 0.377 e. The van der Waals surface area contributed by atoms with Crippen LogP contribution in [-0.4, -0.2) is 36.1 Å². The number of nitrogens with zero attached hydrogens (tertiary/aromatic N) is 1. The molecule has 0 aliphatic carbocycles. The lowest BCUT2D eigenvalue weighted by atomic mass is 10.0. The van der Waals surface area contributed by atoms with E-state index in [4.69, 9.17) is 4.74 Å². The van der Waals surface area contributed by atoms with E-state index in [2.05, 4.69) is 0 Å². The topological polar surface area (TPSA) is 29.5 Å². The SMILES string of the molecule is CC=CC(=O)N1CCOCC1(C)C. The highest BCUT2D eigenvalue weighted by Gasteiger charge is 2.32. The molecule has 0 unspecified atom stereocenters. The number of rotatable bonds is 1. The Morgan fingerprint density at radius 1 is 1.54 bits per heavy atom. The zero-order valence-electron chi connectivity index (χ0n) is 8.54. The summed E-state index contributed by atoms with van der Waals surface area (Å²) in [6.45, 7) is 7.85. The van der Waals surface area contributed by atoms with Crippen molar-refractivity contribution in [2.45, 2.75) is 26.3 Å². The van der Waals surface area contributed by atoms with Gasteiger partial charge in [0.2, 0.25) is 5.91 Å². The van der Waals surface area contributed by atoms with Crippen LogP contribution in [0.1, 0.15) is 20.8 Å². The van der Waals surface area contributed by atoms with Crippen molar-refractivity contribution < 1.29 is 9.53 Å². The Kier molecular flexibility index (Phi) is 3.09. The smallest absolute Gasteiger partial charge is 0.246 e. The molecule has 74 valence electrons. The van der Waals surface area contributed by atoms with Gasteiger partial charge in [0.1, 0.15) is 0 Å². The third-order valence-corrected chi connectivity index (χ3v) is 2.22. The maximum Gasteiger partial charge on any atom is 0.246 e. The first-order valence-electron chi connectivity index (χ1n) is 4.60. The molecule has 1 saturated heterocycles. The number of amides is 1. The average molecular weight is 183 g/mol. The van der Waals surface area contributed by atoms with E-state index in [1.165, 1.54) is 0 Å².